The van der Waals surface area contributed by atoms with Gasteiger partial charge in [0.05, 0.1) is 32.1 Å². The number of hydrogen-bond donors (Lipinski definition) is 0. The van der Waals surface area contributed by atoms with Crippen molar-refractivity contribution in [2.45, 2.75) is 26.2 Å². The average Bonchev–Trinajstić information content (AvgIpc) is 3.41. The third-order valence-corrected chi connectivity index (χ3v) is 7.59. The number of nitrogens with zero attached hydrogens (tertiary/aromatic N) is 7. The van der Waals surface area contributed by atoms with E-state index >= 15 is 0 Å². The first kappa shape index (κ1) is 26.2. The molecule has 0 radical (unpaired) electrons. The molecule has 10 heteroatoms. The Labute approximate surface area is 235 Å². The summed E-state index contributed by atoms with van der Waals surface area (Å²) in [5, 5.41) is 28.7. The second-order valence-electron chi connectivity index (χ2n) is 8.87. The summed E-state index contributed by atoms with van der Waals surface area (Å²) in [5.74, 6) is 0. The maximum absolute atomic E-state index is 6.44. The number of piperidine rings is 1. The van der Waals surface area contributed by atoms with Gasteiger partial charge in [0, 0.05) is 13.1 Å². The highest BCUT2D eigenvalue weighted by atomic mass is 35.5. The number of benzene rings is 3. The van der Waals surface area contributed by atoms with Gasteiger partial charge in [0.1, 0.15) is 16.4 Å². The fourth-order valence-electron chi connectivity index (χ4n) is 3.88. The Kier molecular flexibility index (Phi) is 8.53. The molecular formula is C28H25Cl2N7S. The highest BCUT2D eigenvalue weighted by Crippen LogP contribution is 2.36. The molecule has 0 N–H and O–H groups in total. The molecule has 3 aromatic carbocycles. The fraction of sp³-hybridized carbons (Fsp3) is 0.214. The van der Waals surface area contributed by atoms with Crippen LogP contribution in [0.4, 0.5) is 38.4 Å². The van der Waals surface area contributed by atoms with Gasteiger partial charge in [-0.05, 0) is 86.8 Å². The van der Waals surface area contributed by atoms with Crippen molar-refractivity contribution in [1.82, 2.24) is 0 Å². The molecular weight excluding hydrogens is 537 g/mol. The van der Waals surface area contributed by atoms with Crippen LogP contribution in [0.15, 0.2) is 103 Å². The van der Waals surface area contributed by atoms with Gasteiger partial charge in [-0.25, -0.2) is 0 Å². The number of azo groups is 3. The van der Waals surface area contributed by atoms with Crippen LogP contribution in [0.1, 0.15) is 24.8 Å². The standard InChI is InChI=1S/C28H25Cl2N7S/c1-19-5-7-20(8-6-19)31-34-25-11-9-21(17-23(25)29)32-35-26-12-10-22(18-24(26)30)33-36-27-13-14-28(38-27)37-15-3-2-4-16-37/h5-14,17-18H,2-4,15-16H2,1H3. The Morgan fingerprint density at radius 1 is 0.605 bits per heavy atom. The van der Waals surface area contributed by atoms with Gasteiger partial charge < -0.3 is 4.90 Å². The van der Waals surface area contributed by atoms with E-state index in [0.717, 1.165) is 29.3 Å². The van der Waals surface area contributed by atoms with Crippen LogP contribution in [0.5, 0.6) is 0 Å². The molecule has 2 heterocycles. The van der Waals surface area contributed by atoms with Crippen molar-refractivity contribution < 1.29 is 0 Å². The predicted octanol–water partition coefficient (Wildman–Crippen LogP) is 11.6. The lowest BCUT2D eigenvalue weighted by Crippen LogP contribution is -2.28. The van der Waals surface area contributed by atoms with Crippen molar-refractivity contribution in [2.24, 2.45) is 30.7 Å². The molecule has 192 valence electrons. The van der Waals surface area contributed by atoms with Crippen LogP contribution in [-0.2, 0) is 0 Å². The lowest BCUT2D eigenvalue weighted by molar-refractivity contribution is 0.580. The molecule has 4 aromatic rings. The zero-order valence-electron chi connectivity index (χ0n) is 20.8. The smallest absolute Gasteiger partial charge is 0.140 e. The lowest BCUT2D eigenvalue weighted by Gasteiger charge is -2.26. The molecule has 0 aliphatic carbocycles. The summed E-state index contributed by atoms with van der Waals surface area (Å²) in [4.78, 5) is 2.42. The number of hydrogen-bond acceptors (Lipinski definition) is 8. The van der Waals surface area contributed by atoms with Crippen molar-refractivity contribution in [3.05, 3.63) is 88.4 Å². The van der Waals surface area contributed by atoms with Gasteiger partial charge in [-0.2, -0.15) is 10.2 Å². The largest absolute Gasteiger partial charge is 0.363 e. The van der Waals surface area contributed by atoms with Crippen LogP contribution in [0.3, 0.4) is 0 Å². The zero-order valence-corrected chi connectivity index (χ0v) is 23.1. The summed E-state index contributed by atoms with van der Waals surface area (Å²) >= 11 is 14.5. The highest BCUT2D eigenvalue weighted by molar-refractivity contribution is 7.19. The van der Waals surface area contributed by atoms with Gasteiger partial charge in [0.25, 0.3) is 0 Å². The molecule has 38 heavy (non-hydrogen) atoms. The second kappa shape index (κ2) is 12.4. The van der Waals surface area contributed by atoms with Crippen LogP contribution < -0.4 is 4.90 Å². The first-order valence-electron chi connectivity index (χ1n) is 12.3. The molecule has 0 spiro atoms. The van der Waals surface area contributed by atoms with E-state index in [9.17, 15) is 0 Å². The van der Waals surface area contributed by atoms with Crippen LogP contribution in [0, 0.1) is 6.92 Å². The van der Waals surface area contributed by atoms with Crippen molar-refractivity contribution in [3.63, 3.8) is 0 Å². The summed E-state index contributed by atoms with van der Waals surface area (Å²) < 4.78 is 0. The van der Waals surface area contributed by atoms with E-state index in [0.29, 0.717) is 32.8 Å². The molecule has 1 aliphatic heterocycles. The zero-order chi connectivity index (χ0) is 26.3. The van der Waals surface area contributed by atoms with Gasteiger partial charge in [-0.15, -0.1) is 20.5 Å². The van der Waals surface area contributed by atoms with Gasteiger partial charge >= 0.3 is 0 Å². The normalized spacial score (nSPS) is 14.3. The molecule has 0 saturated carbocycles. The number of anilines is 1. The van der Waals surface area contributed by atoms with Crippen LogP contribution in [-0.4, -0.2) is 13.1 Å². The minimum atomic E-state index is 0.427. The molecule has 0 atom stereocenters. The highest BCUT2D eigenvalue weighted by Gasteiger charge is 2.13. The van der Waals surface area contributed by atoms with E-state index in [-0.39, 0.29) is 0 Å². The SMILES string of the molecule is Cc1ccc(N=Nc2ccc(N=Nc3ccc(N=Nc4ccc(N5CCCCC5)s4)cc3Cl)cc2Cl)cc1. The topological polar surface area (TPSA) is 77.4 Å². The Balaban J connectivity index is 1.22. The summed E-state index contributed by atoms with van der Waals surface area (Å²) in [6.45, 7) is 4.24. The molecule has 0 bridgehead atoms. The van der Waals surface area contributed by atoms with E-state index < -0.39 is 0 Å². The van der Waals surface area contributed by atoms with Crippen molar-refractivity contribution in [2.75, 3.05) is 18.0 Å². The van der Waals surface area contributed by atoms with Gasteiger partial charge in [-0.1, -0.05) is 52.2 Å². The fourth-order valence-corrected chi connectivity index (χ4v) is 5.18. The second-order valence-corrected chi connectivity index (χ2v) is 10.7. The maximum Gasteiger partial charge on any atom is 0.140 e. The summed E-state index contributed by atoms with van der Waals surface area (Å²) in [5.41, 5.74) is 4.21. The molecule has 0 amide bonds. The van der Waals surface area contributed by atoms with Crippen molar-refractivity contribution in [1.29, 1.82) is 0 Å². The molecule has 1 aromatic heterocycles. The van der Waals surface area contributed by atoms with Gasteiger partial charge in [0.15, 0.2) is 0 Å². The Morgan fingerprint density at radius 2 is 1.16 bits per heavy atom. The summed E-state index contributed by atoms with van der Waals surface area (Å²) in [7, 11) is 0. The van der Waals surface area contributed by atoms with Crippen molar-refractivity contribution in [3.8, 4) is 0 Å². The van der Waals surface area contributed by atoms with E-state index in [4.69, 9.17) is 23.2 Å². The third kappa shape index (κ3) is 6.89. The minimum Gasteiger partial charge on any atom is -0.363 e. The maximum atomic E-state index is 6.44. The van der Waals surface area contributed by atoms with E-state index in [2.05, 4.69) is 41.7 Å². The molecule has 1 fully saturated rings. The van der Waals surface area contributed by atoms with Gasteiger partial charge in [-0.3, -0.25) is 0 Å². The van der Waals surface area contributed by atoms with Crippen LogP contribution >= 0.6 is 34.5 Å². The third-order valence-electron chi connectivity index (χ3n) is 5.95. The Hall–Kier alpha value is -3.46. The van der Waals surface area contributed by atoms with E-state index in [1.54, 1.807) is 41.7 Å². The van der Waals surface area contributed by atoms with E-state index in [1.165, 1.54) is 24.3 Å². The average molecular weight is 563 g/mol. The quantitative estimate of drug-likeness (QED) is 0.206. The van der Waals surface area contributed by atoms with Crippen molar-refractivity contribution >= 4 is 73.0 Å². The molecule has 5 rings (SSSR count). The summed E-state index contributed by atoms with van der Waals surface area (Å²) in [6, 6.07) is 22.4. The lowest BCUT2D eigenvalue weighted by atomic mass is 10.1. The van der Waals surface area contributed by atoms with E-state index in [1.807, 2.05) is 43.3 Å². The molecule has 0 unspecified atom stereocenters. The molecule has 7 nitrogen and oxygen atoms in total. The minimum absolute atomic E-state index is 0.427. The first-order valence-corrected chi connectivity index (χ1v) is 13.9. The molecule has 1 aliphatic rings. The van der Waals surface area contributed by atoms with Crippen LogP contribution in [0.25, 0.3) is 0 Å². The predicted molar refractivity (Wildman–Crippen MR) is 157 cm³/mol. The Morgan fingerprint density at radius 3 is 1.76 bits per heavy atom. The Bertz CT molecular complexity index is 1490. The monoisotopic (exact) mass is 561 g/mol. The van der Waals surface area contributed by atoms with Crippen LogP contribution in [0.2, 0.25) is 10.0 Å². The number of rotatable bonds is 7. The number of aryl methyl sites for hydroxylation is 1. The molecule has 1 saturated heterocycles. The summed E-state index contributed by atoms with van der Waals surface area (Å²) in [6.07, 6.45) is 3.80. The first-order chi connectivity index (χ1) is 18.5. The number of halogens is 2. The number of thiophene rings is 1. The van der Waals surface area contributed by atoms with Gasteiger partial charge in [0.2, 0.25) is 0 Å².